The van der Waals surface area contributed by atoms with Crippen LogP contribution in [0.2, 0.25) is 0 Å². The maximum Gasteiger partial charge on any atom is 0.468 e. The van der Waals surface area contributed by atoms with E-state index in [2.05, 4.69) is 11.1 Å². The molecule has 0 bridgehead atoms. The molecule has 5 aromatic rings. The maximum absolute atomic E-state index is 13.1. The highest BCUT2D eigenvalue weighted by Crippen LogP contribution is 2.35. The van der Waals surface area contributed by atoms with Crippen LogP contribution in [0.4, 0.5) is 13.2 Å². The van der Waals surface area contributed by atoms with Gasteiger partial charge in [-0.15, -0.1) is 0 Å². The molecule has 0 amide bonds. The van der Waals surface area contributed by atoms with Gasteiger partial charge in [-0.2, -0.15) is 23.0 Å². The summed E-state index contributed by atoms with van der Waals surface area (Å²) in [6.07, 6.45) is -4.66. The number of hydrogen-bond donors (Lipinski definition) is 0. The van der Waals surface area contributed by atoms with Crippen molar-refractivity contribution in [3.05, 3.63) is 77.7 Å². The molecule has 5 nitrogen and oxygen atoms in total. The number of oxazole rings is 1. The first-order valence-electron chi connectivity index (χ1n) is 9.76. The summed E-state index contributed by atoms with van der Waals surface area (Å²) in [6, 6.07) is 20.3. The van der Waals surface area contributed by atoms with Crippen LogP contribution in [0, 0.1) is 18.3 Å². The minimum Gasteiger partial charge on any atom is -0.433 e. The molecule has 0 saturated heterocycles. The molecule has 2 heterocycles. The molecule has 0 aliphatic rings. The zero-order valence-electron chi connectivity index (χ0n) is 17.1. The topological polar surface area (TPSA) is 58.6 Å². The molecule has 0 unspecified atom stereocenters. The molecule has 0 atom stereocenters. The monoisotopic (exact) mass is 433 g/mol. The second kappa shape index (κ2) is 6.95. The third kappa shape index (κ3) is 3.02. The van der Waals surface area contributed by atoms with E-state index in [1.54, 1.807) is 24.3 Å². The fourth-order valence-corrected chi connectivity index (χ4v) is 4.00. The average Bonchev–Trinajstić information content (AvgIpc) is 3.32. The predicted molar refractivity (Wildman–Crippen MR) is 112 cm³/mol. The molecule has 0 saturated carbocycles. The molecule has 0 aliphatic heterocycles. The van der Waals surface area contributed by atoms with Crippen molar-refractivity contribution >= 4 is 22.1 Å². The number of aryl methyl sites for hydroxylation is 2. The zero-order valence-corrected chi connectivity index (χ0v) is 17.1. The van der Waals surface area contributed by atoms with Crippen molar-refractivity contribution in [1.29, 1.82) is 5.26 Å². The van der Waals surface area contributed by atoms with Crippen LogP contribution < -0.4 is 4.57 Å². The second-order valence-corrected chi connectivity index (χ2v) is 7.52. The van der Waals surface area contributed by atoms with Crippen LogP contribution in [0.3, 0.4) is 0 Å². The molecule has 0 fully saturated rings. The lowest BCUT2D eigenvalue weighted by Gasteiger charge is -2.06. The maximum atomic E-state index is 13.1. The van der Waals surface area contributed by atoms with Crippen molar-refractivity contribution < 1.29 is 22.2 Å². The Morgan fingerprint density at radius 2 is 1.78 bits per heavy atom. The number of nitriles is 1. The Bertz CT molecular complexity index is 1540. The van der Waals surface area contributed by atoms with E-state index in [-0.39, 0.29) is 11.1 Å². The molecule has 5 rings (SSSR count). The van der Waals surface area contributed by atoms with Gasteiger partial charge in [0.1, 0.15) is 11.2 Å². The number of para-hydroxylation sites is 2. The van der Waals surface area contributed by atoms with Crippen molar-refractivity contribution in [2.45, 2.75) is 13.1 Å². The molecule has 0 N–H and O–H groups in total. The molecule has 0 radical (unpaired) electrons. The quantitative estimate of drug-likeness (QED) is 0.347. The minimum absolute atomic E-state index is 0.0854. The Balaban J connectivity index is 1.82. The van der Waals surface area contributed by atoms with E-state index in [0.717, 1.165) is 33.7 Å². The number of fused-ring (bicyclic) bond motifs is 2. The van der Waals surface area contributed by atoms with Crippen molar-refractivity contribution in [3.63, 3.8) is 0 Å². The summed E-state index contributed by atoms with van der Waals surface area (Å²) >= 11 is 0. The summed E-state index contributed by atoms with van der Waals surface area (Å²) in [7, 11) is 1.91. The van der Waals surface area contributed by atoms with Crippen LogP contribution in [0.5, 0.6) is 0 Å². The lowest BCUT2D eigenvalue weighted by molar-refractivity contribution is -0.633. The van der Waals surface area contributed by atoms with E-state index in [0.29, 0.717) is 5.56 Å². The van der Waals surface area contributed by atoms with Crippen LogP contribution >= 0.6 is 0 Å². The van der Waals surface area contributed by atoms with Gasteiger partial charge in [0.2, 0.25) is 0 Å². The van der Waals surface area contributed by atoms with E-state index >= 15 is 0 Å². The highest BCUT2D eigenvalue weighted by atomic mass is 19.4. The van der Waals surface area contributed by atoms with Gasteiger partial charge in [0.15, 0.2) is 16.6 Å². The van der Waals surface area contributed by atoms with Gasteiger partial charge >= 0.3 is 12.1 Å². The molecule has 32 heavy (non-hydrogen) atoms. The first kappa shape index (κ1) is 19.8. The molecule has 0 spiro atoms. The predicted octanol–water partition coefficient (Wildman–Crippen LogP) is 5.46. The fourth-order valence-electron chi connectivity index (χ4n) is 4.00. The van der Waals surface area contributed by atoms with Gasteiger partial charge in [0.25, 0.3) is 5.82 Å². The minimum atomic E-state index is -4.66. The van der Waals surface area contributed by atoms with Crippen LogP contribution in [0.25, 0.3) is 39.2 Å². The number of halogens is 3. The van der Waals surface area contributed by atoms with Gasteiger partial charge in [-0.25, -0.2) is 9.55 Å². The highest BCUT2D eigenvalue weighted by Gasteiger charge is 2.38. The molecule has 158 valence electrons. The number of imidazole rings is 1. The number of rotatable bonds is 2. The molecule has 2 aromatic heterocycles. The van der Waals surface area contributed by atoms with E-state index in [4.69, 9.17) is 9.68 Å². The van der Waals surface area contributed by atoms with E-state index in [9.17, 15) is 13.2 Å². The van der Waals surface area contributed by atoms with Gasteiger partial charge in [0.05, 0.1) is 24.2 Å². The molecular weight excluding hydrogens is 417 g/mol. The van der Waals surface area contributed by atoms with Gasteiger partial charge in [-0.3, -0.25) is 0 Å². The Hall–Kier alpha value is -4.12. The van der Waals surface area contributed by atoms with Crippen molar-refractivity contribution in [2.75, 3.05) is 0 Å². The number of hydrogen-bond acceptors (Lipinski definition) is 3. The molecule has 8 heteroatoms. The van der Waals surface area contributed by atoms with Crippen LogP contribution in [0.1, 0.15) is 17.0 Å². The van der Waals surface area contributed by atoms with Crippen molar-refractivity contribution in [3.8, 4) is 23.1 Å². The third-order valence-electron chi connectivity index (χ3n) is 5.49. The number of nitrogens with zero attached hydrogens (tertiary/aromatic N) is 4. The largest absolute Gasteiger partial charge is 0.468 e. The Labute approximate surface area is 180 Å². The first-order valence-corrected chi connectivity index (χ1v) is 9.76. The molecule has 0 aliphatic carbocycles. The summed E-state index contributed by atoms with van der Waals surface area (Å²) < 4.78 is 48.3. The van der Waals surface area contributed by atoms with E-state index in [1.165, 1.54) is 0 Å². The molecular formula is C24H16F3N4O+. The van der Waals surface area contributed by atoms with Crippen molar-refractivity contribution in [1.82, 2.24) is 9.55 Å². The molecule has 3 aromatic carbocycles. The summed E-state index contributed by atoms with van der Waals surface area (Å²) in [4.78, 5) is 3.67. The third-order valence-corrected chi connectivity index (χ3v) is 5.49. The van der Waals surface area contributed by atoms with Crippen LogP contribution in [-0.2, 0) is 13.2 Å². The number of alkyl halides is 3. The fraction of sp³-hybridized carbons (Fsp3) is 0.125. The second-order valence-electron chi connectivity index (χ2n) is 7.52. The van der Waals surface area contributed by atoms with Crippen LogP contribution in [0.15, 0.2) is 65.1 Å². The lowest BCUT2D eigenvalue weighted by atomic mass is 10.1. The average molecular weight is 433 g/mol. The van der Waals surface area contributed by atoms with Gasteiger partial charge in [-0.1, -0.05) is 12.1 Å². The highest BCUT2D eigenvalue weighted by molar-refractivity contribution is 5.84. The van der Waals surface area contributed by atoms with Gasteiger partial charge in [-0.05, 0) is 61.0 Å². The summed E-state index contributed by atoms with van der Waals surface area (Å²) in [6.45, 7) is 1.82. The Morgan fingerprint density at radius 1 is 1.06 bits per heavy atom. The Kier molecular flexibility index (Phi) is 4.31. The van der Waals surface area contributed by atoms with E-state index < -0.39 is 12.1 Å². The van der Waals surface area contributed by atoms with Gasteiger partial charge < -0.3 is 4.42 Å². The van der Waals surface area contributed by atoms with Gasteiger partial charge in [0, 0.05) is 0 Å². The Morgan fingerprint density at radius 3 is 2.47 bits per heavy atom. The zero-order chi connectivity index (χ0) is 22.6. The standard InChI is InChI=1S/C24H16F3N4O/c1-14-11-21-18(29-23(32-21)24(25,26)27)12-17(14)22-30(2)19-5-3-4-6-20(19)31(22)16-9-7-15(13-28)8-10-16/h3-12H,1-2H3/q+1. The van der Waals surface area contributed by atoms with Crippen molar-refractivity contribution in [2.24, 2.45) is 7.05 Å². The number of benzene rings is 3. The SMILES string of the molecule is Cc1cc2oc(C(F)(F)F)nc2cc1-c1n(-c2ccc(C#N)cc2)c2ccccc2[n+]1C. The van der Waals surface area contributed by atoms with Crippen LogP contribution in [-0.4, -0.2) is 9.55 Å². The summed E-state index contributed by atoms with van der Waals surface area (Å²) in [5.41, 5.74) is 4.92. The first-order chi connectivity index (χ1) is 15.3. The van der Waals surface area contributed by atoms with E-state index in [1.807, 2.05) is 59.5 Å². The lowest BCUT2D eigenvalue weighted by Crippen LogP contribution is -2.30. The number of aromatic nitrogens is 3. The summed E-state index contributed by atoms with van der Waals surface area (Å²) in [5.74, 6) is -0.493. The summed E-state index contributed by atoms with van der Waals surface area (Å²) in [5, 5.41) is 9.15. The smallest absolute Gasteiger partial charge is 0.433 e. The normalized spacial score (nSPS) is 11.9.